The average Bonchev–Trinajstić information content (AvgIpc) is 2.16. The number of carbonyl (C=O) groups excluding carboxylic acids is 1. The van der Waals surface area contributed by atoms with Crippen LogP contribution in [-0.2, 0) is 0 Å². The lowest BCUT2D eigenvalue weighted by atomic mass is 9.93. The first-order valence-electron chi connectivity index (χ1n) is 4.57. The van der Waals surface area contributed by atoms with Gasteiger partial charge in [-0.3, -0.25) is 4.79 Å². The van der Waals surface area contributed by atoms with E-state index in [0.717, 1.165) is 5.56 Å². The zero-order valence-corrected chi connectivity index (χ0v) is 8.89. The van der Waals surface area contributed by atoms with Crippen LogP contribution in [0.4, 0.5) is 0 Å². The van der Waals surface area contributed by atoms with E-state index in [1.807, 2.05) is 19.9 Å². The van der Waals surface area contributed by atoms with E-state index >= 15 is 0 Å². The number of benzene rings is 1. The fourth-order valence-electron chi connectivity index (χ4n) is 1.63. The van der Waals surface area contributed by atoms with Gasteiger partial charge in [-0.2, -0.15) is 0 Å². The number of hydrogen-bond donors (Lipinski definition) is 0. The van der Waals surface area contributed by atoms with Crippen molar-refractivity contribution in [2.75, 3.05) is 6.61 Å². The van der Waals surface area contributed by atoms with Crippen LogP contribution < -0.4 is 4.74 Å². The molecule has 0 radical (unpaired) electrons. The largest absolute Gasteiger partial charge is 0.490 e. The number of hydrogen-bond acceptors (Lipinski definition) is 2. The van der Waals surface area contributed by atoms with E-state index in [1.165, 1.54) is 0 Å². The number of Topliss-reactive ketones (excluding diaryl/α,β-unsaturated/α-hetero) is 1. The van der Waals surface area contributed by atoms with Crippen molar-refractivity contribution in [1.82, 2.24) is 0 Å². The highest BCUT2D eigenvalue weighted by atomic mass is 35.5. The van der Waals surface area contributed by atoms with Gasteiger partial charge in [0.15, 0.2) is 5.78 Å². The Labute approximate surface area is 87.8 Å². The molecule has 0 N–H and O–H groups in total. The molecule has 0 amide bonds. The molecule has 1 aromatic carbocycles. The van der Waals surface area contributed by atoms with Crippen molar-refractivity contribution in [3.05, 3.63) is 28.3 Å². The van der Waals surface area contributed by atoms with Gasteiger partial charge in [0.1, 0.15) is 5.75 Å². The van der Waals surface area contributed by atoms with E-state index in [1.54, 1.807) is 6.07 Å². The summed E-state index contributed by atoms with van der Waals surface area (Å²) >= 11 is 5.95. The Kier molecular flexibility index (Phi) is 2.23. The normalized spacial score (nSPS) is 20.2. The van der Waals surface area contributed by atoms with Gasteiger partial charge in [0, 0.05) is 0 Å². The fourth-order valence-corrected chi connectivity index (χ4v) is 1.85. The second-order valence-corrected chi connectivity index (χ2v) is 4.05. The summed E-state index contributed by atoms with van der Waals surface area (Å²) in [6.07, 6.45) is 0. The van der Waals surface area contributed by atoms with E-state index < -0.39 is 0 Å². The molecule has 74 valence electrons. The van der Waals surface area contributed by atoms with Crippen LogP contribution in [-0.4, -0.2) is 12.4 Å². The van der Waals surface area contributed by atoms with Crippen LogP contribution in [0.15, 0.2) is 12.1 Å². The zero-order valence-electron chi connectivity index (χ0n) is 8.13. The minimum absolute atomic E-state index is 0.0698. The molecule has 0 spiro atoms. The first kappa shape index (κ1) is 9.53. The standard InChI is InChI=1S/C11H11ClO2/c1-6-3-4-8(12)11-9(6)10(13)7(2)5-14-11/h3-4,7H,5H2,1-2H3. The number of fused-ring (bicyclic) bond motifs is 1. The molecule has 1 heterocycles. The molecule has 0 fully saturated rings. The van der Waals surface area contributed by atoms with Crippen molar-refractivity contribution >= 4 is 17.4 Å². The van der Waals surface area contributed by atoms with Crippen LogP contribution in [0.1, 0.15) is 22.8 Å². The summed E-state index contributed by atoms with van der Waals surface area (Å²) in [5.41, 5.74) is 1.58. The molecule has 2 rings (SSSR count). The molecule has 2 nitrogen and oxygen atoms in total. The van der Waals surface area contributed by atoms with Gasteiger partial charge in [0.25, 0.3) is 0 Å². The Hall–Kier alpha value is -1.02. The third-order valence-corrected chi connectivity index (χ3v) is 2.79. The SMILES string of the molecule is Cc1ccc(Cl)c2c1C(=O)C(C)CO2. The third kappa shape index (κ3) is 1.30. The Morgan fingerprint density at radius 1 is 1.50 bits per heavy atom. The van der Waals surface area contributed by atoms with Crippen LogP contribution in [0, 0.1) is 12.8 Å². The Morgan fingerprint density at radius 2 is 2.21 bits per heavy atom. The van der Waals surface area contributed by atoms with Gasteiger partial charge in [-0.25, -0.2) is 0 Å². The van der Waals surface area contributed by atoms with Crippen molar-refractivity contribution in [2.24, 2.45) is 5.92 Å². The van der Waals surface area contributed by atoms with Gasteiger partial charge in [-0.05, 0) is 18.6 Å². The van der Waals surface area contributed by atoms with Crippen LogP contribution in [0.3, 0.4) is 0 Å². The average molecular weight is 211 g/mol. The summed E-state index contributed by atoms with van der Waals surface area (Å²) in [7, 11) is 0. The summed E-state index contributed by atoms with van der Waals surface area (Å²) in [6, 6.07) is 3.61. The number of carbonyl (C=O) groups is 1. The van der Waals surface area contributed by atoms with Gasteiger partial charge in [0.05, 0.1) is 23.1 Å². The smallest absolute Gasteiger partial charge is 0.173 e. The minimum Gasteiger partial charge on any atom is -0.490 e. The maximum atomic E-state index is 11.9. The van der Waals surface area contributed by atoms with Crippen molar-refractivity contribution in [3.63, 3.8) is 0 Å². The molecule has 0 saturated heterocycles. The molecule has 0 aliphatic carbocycles. The van der Waals surface area contributed by atoms with Crippen LogP contribution in [0.5, 0.6) is 5.75 Å². The summed E-state index contributed by atoms with van der Waals surface area (Å²) in [5.74, 6) is 0.612. The molecule has 1 unspecified atom stereocenters. The van der Waals surface area contributed by atoms with E-state index in [2.05, 4.69) is 0 Å². The minimum atomic E-state index is -0.0698. The first-order valence-corrected chi connectivity index (χ1v) is 4.95. The predicted molar refractivity (Wildman–Crippen MR) is 55.2 cm³/mol. The Balaban J connectivity index is 2.64. The lowest BCUT2D eigenvalue weighted by Crippen LogP contribution is -2.26. The molecule has 1 aliphatic heterocycles. The zero-order chi connectivity index (χ0) is 10.3. The summed E-state index contributed by atoms with van der Waals surface area (Å²) in [4.78, 5) is 11.9. The molecule has 3 heteroatoms. The van der Waals surface area contributed by atoms with Crippen molar-refractivity contribution in [2.45, 2.75) is 13.8 Å². The summed E-state index contributed by atoms with van der Waals surface area (Å²) < 4.78 is 5.46. The highest BCUT2D eigenvalue weighted by molar-refractivity contribution is 6.33. The van der Waals surface area contributed by atoms with Gasteiger partial charge >= 0.3 is 0 Å². The highest BCUT2D eigenvalue weighted by Gasteiger charge is 2.28. The molecular formula is C11H11ClO2. The Morgan fingerprint density at radius 3 is 2.93 bits per heavy atom. The van der Waals surface area contributed by atoms with E-state index in [9.17, 15) is 4.79 Å². The number of rotatable bonds is 0. The molecule has 0 bridgehead atoms. The monoisotopic (exact) mass is 210 g/mol. The predicted octanol–water partition coefficient (Wildman–Crippen LogP) is 2.86. The van der Waals surface area contributed by atoms with Crippen molar-refractivity contribution < 1.29 is 9.53 Å². The molecule has 1 aliphatic rings. The van der Waals surface area contributed by atoms with Gasteiger partial charge in [-0.1, -0.05) is 24.6 Å². The maximum absolute atomic E-state index is 11.9. The van der Waals surface area contributed by atoms with Crippen LogP contribution in [0.2, 0.25) is 5.02 Å². The fraction of sp³-hybridized carbons (Fsp3) is 0.364. The van der Waals surface area contributed by atoms with E-state index in [-0.39, 0.29) is 11.7 Å². The molecule has 0 saturated carbocycles. The van der Waals surface area contributed by atoms with Crippen LogP contribution >= 0.6 is 11.6 Å². The van der Waals surface area contributed by atoms with E-state index in [0.29, 0.717) is 22.9 Å². The van der Waals surface area contributed by atoms with Crippen LogP contribution in [0.25, 0.3) is 0 Å². The molecule has 14 heavy (non-hydrogen) atoms. The summed E-state index contributed by atoms with van der Waals surface area (Å²) in [6.45, 7) is 4.19. The molecule has 1 atom stereocenters. The Bertz CT molecular complexity index is 399. The quantitative estimate of drug-likeness (QED) is 0.658. The lowest BCUT2D eigenvalue weighted by molar-refractivity contribution is 0.0848. The topological polar surface area (TPSA) is 26.3 Å². The van der Waals surface area contributed by atoms with Gasteiger partial charge in [0.2, 0.25) is 0 Å². The van der Waals surface area contributed by atoms with Crippen molar-refractivity contribution in [3.8, 4) is 5.75 Å². The molecule has 0 aromatic heterocycles. The maximum Gasteiger partial charge on any atom is 0.173 e. The highest BCUT2D eigenvalue weighted by Crippen LogP contribution is 2.36. The van der Waals surface area contributed by atoms with E-state index in [4.69, 9.17) is 16.3 Å². The number of ketones is 1. The number of aryl methyl sites for hydroxylation is 1. The number of ether oxygens (including phenoxy) is 1. The second-order valence-electron chi connectivity index (χ2n) is 3.64. The van der Waals surface area contributed by atoms with Gasteiger partial charge < -0.3 is 4.74 Å². The second kappa shape index (κ2) is 3.28. The van der Waals surface area contributed by atoms with Crippen molar-refractivity contribution in [1.29, 1.82) is 0 Å². The summed E-state index contributed by atoms with van der Waals surface area (Å²) in [5, 5.41) is 0.519. The first-order chi connectivity index (χ1) is 6.61. The molecular weight excluding hydrogens is 200 g/mol. The lowest BCUT2D eigenvalue weighted by Gasteiger charge is -2.23. The number of halogens is 1. The molecule has 1 aromatic rings. The third-order valence-electron chi connectivity index (χ3n) is 2.49. The van der Waals surface area contributed by atoms with Gasteiger partial charge in [-0.15, -0.1) is 0 Å².